The molecule has 5 nitrogen and oxygen atoms in total. The number of halogens is 1. The van der Waals surface area contributed by atoms with E-state index in [-0.39, 0.29) is 24.2 Å². The van der Waals surface area contributed by atoms with Gasteiger partial charge >= 0.3 is 0 Å². The van der Waals surface area contributed by atoms with Gasteiger partial charge in [-0.05, 0) is 19.9 Å². The highest BCUT2D eigenvalue weighted by Crippen LogP contribution is 2.11. The molecule has 0 aliphatic carbocycles. The fourth-order valence-corrected chi connectivity index (χ4v) is 1.58. The molecule has 1 amide bonds. The van der Waals surface area contributed by atoms with Crippen molar-refractivity contribution in [2.75, 3.05) is 18.4 Å². The van der Waals surface area contributed by atoms with Crippen molar-refractivity contribution in [2.45, 2.75) is 13.3 Å². The van der Waals surface area contributed by atoms with Crippen molar-refractivity contribution in [3.8, 4) is 0 Å². The number of carbonyl (C=O) groups is 1. The van der Waals surface area contributed by atoms with E-state index in [9.17, 15) is 4.79 Å². The maximum atomic E-state index is 11.7. The molecule has 88 valence electrons. The Morgan fingerprint density at radius 1 is 1.50 bits per heavy atom. The molecule has 2 heterocycles. The number of rotatable bonds is 2. The van der Waals surface area contributed by atoms with Gasteiger partial charge in [-0.1, -0.05) is 0 Å². The lowest BCUT2D eigenvalue weighted by atomic mass is 10.1. The van der Waals surface area contributed by atoms with Crippen molar-refractivity contribution in [2.24, 2.45) is 5.92 Å². The number of anilines is 1. The summed E-state index contributed by atoms with van der Waals surface area (Å²) in [6.07, 6.45) is 4.16. The van der Waals surface area contributed by atoms with Gasteiger partial charge in [0.2, 0.25) is 5.91 Å². The third-order valence-electron chi connectivity index (χ3n) is 2.48. The summed E-state index contributed by atoms with van der Waals surface area (Å²) in [4.78, 5) is 19.7. The average molecular weight is 243 g/mol. The van der Waals surface area contributed by atoms with Gasteiger partial charge in [0.1, 0.15) is 5.82 Å². The Bertz CT molecular complexity index is 348. The molecule has 1 fully saturated rings. The summed E-state index contributed by atoms with van der Waals surface area (Å²) in [5.74, 6) is 0.828. The zero-order valence-electron chi connectivity index (χ0n) is 9.06. The van der Waals surface area contributed by atoms with Crippen LogP contribution in [0.4, 0.5) is 5.69 Å². The molecule has 1 saturated heterocycles. The van der Waals surface area contributed by atoms with E-state index in [2.05, 4.69) is 20.6 Å². The highest BCUT2D eigenvalue weighted by atomic mass is 35.5. The summed E-state index contributed by atoms with van der Waals surface area (Å²) in [6.45, 7) is 3.49. The van der Waals surface area contributed by atoms with Crippen LogP contribution in [-0.4, -0.2) is 29.0 Å². The molecule has 1 aliphatic rings. The number of amides is 1. The Morgan fingerprint density at radius 3 is 2.75 bits per heavy atom. The van der Waals surface area contributed by atoms with Crippen LogP contribution in [0.25, 0.3) is 0 Å². The summed E-state index contributed by atoms with van der Waals surface area (Å²) < 4.78 is 0. The van der Waals surface area contributed by atoms with Crippen LogP contribution in [-0.2, 0) is 4.79 Å². The van der Waals surface area contributed by atoms with Gasteiger partial charge in [-0.25, -0.2) is 9.97 Å². The van der Waals surface area contributed by atoms with E-state index >= 15 is 0 Å². The molecule has 0 aromatic carbocycles. The summed E-state index contributed by atoms with van der Waals surface area (Å²) in [7, 11) is 0. The second kappa shape index (κ2) is 5.77. The smallest absolute Gasteiger partial charge is 0.228 e. The fraction of sp³-hybridized carbons (Fsp3) is 0.500. The third kappa shape index (κ3) is 3.15. The van der Waals surface area contributed by atoms with Crippen LogP contribution < -0.4 is 10.6 Å². The standard InChI is InChI=1S/C10H14N4O.ClH/c1-7-12-5-9(6-13-7)14-10(15)8-2-3-11-4-8;/h5-6,8,11H,2-4H2,1H3,(H,14,15);1H. The number of carbonyl (C=O) groups excluding carboxylic acids is 1. The van der Waals surface area contributed by atoms with E-state index in [1.807, 2.05) is 6.92 Å². The monoisotopic (exact) mass is 242 g/mol. The van der Waals surface area contributed by atoms with E-state index < -0.39 is 0 Å². The first-order valence-corrected chi connectivity index (χ1v) is 5.06. The van der Waals surface area contributed by atoms with Crippen LogP contribution in [0.15, 0.2) is 12.4 Å². The van der Waals surface area contributed by atoms with Gasteiger partial charge in [0.05, 0.1) is 24.0 Å². The number of hydrogen-bond donors (Lipinski definition) is 2. The zero-order chi connectivity index (χ0) is 10.7. The Balaban J connectivity index is 0.00000128. The van der Waals surface area contributed by atoms with Gasteiger partial charge in [0.25, 0.3) is 0 Å². The molecule has 1 aliphatic heterocycles. The van der Waals surface area contributed by atoms with Gasteiger partial charge in [-0.3, -0.25) is 4.79 Å². The van der Waals surface area contributed by atoms with Crippen LogP contribution in [0.5, 0.6) is 0 Å². The molecule has 2 rings (SSSR count). The third-order valence-corrected chi connectivity index (χ3v) is 2.48. The maximum Gasteiger partial charge on any atom is 0.228 e. The topological polar surface area (TPSA) is 66.9 Å². The van der Waals surface area contributed by atoms with Crippen molar-refractivity contribution in [1.29, 1.82) is 0 Å². The van der Waals surface area contributed by atoms with E-state index in [0.29, 0.717) is 11.5 Å². The van der Waals surface area contributed by atoms with E-state index in [1.54, 1.807) is 12.4 Å². The molecule has 1 aromatic heterocycles. The van der Waals surface area contributed by atoms with Crippen LogP contribution in [0.2, 0.25) is 0 Å². The van der Waals surface area contributed by atoms with Gasteiger partial charge < -0.3 is 10.6 Å². The van der Waals surface area contributed by atoms with E-state index in [1.165, 1.54) is 0 Å². The molecular formula is C10H15ClN4O. The van der Waals surface area contributed by atoms with Gasteiger partial charge in [-0.2, -0.15) is 0 Å². The van der Waals surface area contributed by atoms with Crippen LogP contribution in [0, 0.1) is 12.8 Å². The minimum absolute atomic E-state index is 0. The molecule has 16 heavy (non-hydrogen) atoms. The first kappa shape index (κ1) is 12.9. The van der Waals surface area contributed by atoms with Gasteiger partial charge in [0.15, 0.2) is 0 Å². The van der Waals surface area contributed by atoms with Crippen LogP contribution >= 0.6 is 12.4 Å². The minimum atomic E-state index is 0. The highest BCUT2D eigenvalue weighted by molar-refractivity contribution is 5.92. The Labute approximate surface area is 100 Å². The van der Waals surface area contributed by atoms with Gasteiger partial charge in [0, 0.05) is 6.54 Å². The lowest BCUT2D eigenvalue weighted by Crippen LogP contribution is -2.24. The normalized spacial score (nSPS) is 18.9. The Kier molecular flexibility index (Phi) is 4.64. The Hall–Kier alpha value is -1.20. The quantitative estimate of drug-likeness (QED) is 0.804. The maximum absolute atomic E-state index is 11.7. The number of aryl methyl sites for hydroxylation is 1. The predicted octanol–water partition coefficient (Wildman–Crippen LogP) is 0.755. The van der Waals surface area contributed by atoms with Crippen LogP contribution in [0.3, 0.4) is 0 Å². The SMILES string of the molecule is Cc1ncc(NC(=O)C2CCNC2)cn1.Cl. The number of aromatic nitrogens is 2. The van der Waals surface area contributed by atoms with E-state index in [0.717, 1.165) is 19.5 Å². The second-order valence-corrected chi connectivity index (χ2v) is 3.70. The van der Waals surface area contributed by atoms with Crippen molar-refractivity contribution in [3.63, 3.8) is 0 Å². The van der Waals surface area contributed by atoms with E-state index in [4.69, 9.17) is 0 Å². The summed E-state index contributed by atoms with van der Waals surface area (Å²) in [5, 5.41) is 5.96. The van der Waals surface area contributed by atoms with Crippen molar-refractivity contribution in [3.05, 3.63) is 18.2 Å². The zero-order valence-corrected chi connectivity index (χ0v) is 9.88. The summed E-state index contributed by atoms with van der Waals surface area (Å²) >= 11 is 0. The second-order valence-electron chi connectivity index (χ2n) is 3.70. The summed E-state index contributed by atoms with van der Waals surface area (Å²) in [6, 6.07) is 0. The lowest BCUT2D eigenvalue weighted by molar-refractivity contribution is -0.119. The molecule has 1 unspecified atom stereocenters. The molecule has 0 bridgehead atoms. The molecule has 1 aromatic rings. The van der Waals surface area contributed by atoms with Crippen LogP contribution in [0.1, 0.15) is 12.2 Å². The minimum Gasteiger partial charge on any atom is -0.323 e. The van der Waals surface area contributed by atoms with Crippen molar-refractivity contribution >= 4 is 24.0 Å². The number of hydrogen-bond acceptors (Lipinski definition) is 4. The molecule has 2 N–H and O–H groups in total. The van der Waals surface area contributed by atoms with Gasteiger partial charge in [-0.15, -0.1) is 12.4 Å². The molecule has 6 heteroatoms. The number of nitrogens with one attached hydrogen (secondary N) is 2. The molecular weight excluding hydrogens is 228 g/mol. The molecule has 0 radical (unpaired) electrons. The summed E-state index contributed by atoms with van der Waals surface area (Å²) in [5.41, 5.74) is 0.664. The molecule has 0 spiro atoms. The Morgan fingerprint density at radius 2 is 2.19 bits per heavy atom. The lowest BCUT2D eigenvalue weighted by Gasteiger charge is -2.08. The first-order chi connectivity index (χ1) is 7.25. The number of nitrogens with zero attached hydrogens (tertiary/aromatic N) is 2. The largest absolute Gasteiger partial charge is 0.323 e. The highest BCUT2D eigenvalue weighted by Gasteiger charge is 2.22. The fourth-order valence-electron chi connectivity index (χ4n) is 1.58. The molecule has 1 atom stereocenters. The molecule has 0 saturated carbocycles. The van der Waals surface area contributed by atoms with Crippen molar-refractivity contribution < 1.29 is 4.79 Å². The first-order valence-electron chi connectivity index (χ1n) is 5.06. The predicted molar refractivity (Wildman–Crippen MR) is 63.6 cm³/mol. The average Bonchev–Trinajstić information content (AvgIpc) is 2.74. The van der Waals surface area contributed by atoms with Crippen molar-refractivity contribution in [1.82, 2.24) is 15.3 Å².